The zero-order chi connectivity index (χ0) is 21.1. The molecule has 0 aliphatic carbocycles. The lowest BCUT2D eigenvalue weighted by molar-refractivity contribution is 0.0595. The third-order valence-electron chi connectivity index (χ3n) is 4.65. The molecule has 0 radical (unpaired) electrons. The van der Waals surface area contributed by atoms with Crippen molar-refractivity contribution in [3.63, 3.8) is 0 Å². The predicted molar refractivity (Wildman–Crippen MR) is 110 cm³/mol. The van der Waals surface area contributed by atoms with Crippen molar-refractivity contribution in [3.8, 4) is 11.5 Å². The smallest absolute Gasteiger partial charge is 0.354 e. The molecule has 0 saturated heterocycles. The number of methoxy groups -OCH3 is 2. The number of Topliss-reactive ketones (excluding diaryl/α,β-unsaturated/α-hetero) is 1. The molecule has 0 amide bonds. The summed E-state index contributed by atoms with van der Waals surface area (Å²) < 4.78 is 9.94. The van der Waals surface area contributed by atoms with Gasteiger partial charge in [0, 0.05) is 17.0 Å². The van der Waals surface area contributed by atoms with Crippen LogP contribution < -0.4 is 10.1 Å². The van der Waals surface area contributed by atoms with Gasteiger partial charge >= 0.3 is 5.97 Å². The van der Waals surface area contributed by atoms with E-state index in [9.17, 15) is 14.7 Å². The molecule has 0 fully saturated rings. The van der Waals surface area contributed by atoms with Gasteiger partial charge in [0.1, 0.15) is 17.2 Å². The Kier molecular flexibility index (Phi) is 5.89. The van der Waals surface area contributed by atoms with Crippen LogP contribution in [0.4, 0.5) is 0 Å². The highest BCUT2D eigenvalue weighted by Crippen LogP contribution is 2.31. The first-order valence-electron chi connectivity index (χ1n) is 9.23. The van der Waals surface area contributed by atoms with Crippen LogP contribution in [0, 0.1) is 0 Å². The summed E-state index contributed by atoms with van der Waals surface area (Å²) in [6, 6.07) is 11.2. The topological polar surface area (TPSA) is 101 Å². The Balaban J connectivity index is 2.09. The van der Waals surface area contributed by atoms with Gasteiger partial charge in [-0.2, -0.15) is 0 Å². The summed E-state index contributed by atoms with van der Waals surface area (Å²) in [6.07, 6.45) is 0. The lowest BCUT2D eigenvalue weighted by Gasteiger charge is -2.21. The minimum absolute atomic E-state index is 0.0514. The number of phenolic OH excluding ortho intramolecular Hbond substituents is 1. The van der Waals surface area contributed by atoms with Crippen molar-refractivity contribution in [1.29, 1.82) is 0 Å². The van der Waals surface area contributed by atoms with Crippen LogP contribution in [0.2, 0.25) is 0 Å². The molecule has 3 N–H and O–H groups in total. The summed E-state index contributed by atoms with van der Waals surface area (Å²) in [5.41, 5.74) is 1.65. The number of carbonyl (C=O) groups excluding carboxylic acids is 2. The van der Waals surface area contributed by atoms with Gasteiger partial charge in [-0.3, -0.25) is 4.79 Å². The molecular weight excluding hydrogens is 372 g/mol. The molecule has 0 aliphatic heterocycles. The first kappa shape index (κ1) is 20.4. The van der Waals surface area contributed by atoms with E-state index in [0.717, 1.165) is 5.56 Å². The first-order chi connectivity index (χ1) is 13.8. The minimum Gasteiger partial charge on any atom is -0.506 e. The number of phenols is 1. The number of carbonyl (C=O) groups is 2. The number of benzene rings is 2. The van der Waals surface area contributed by atoms with Crippen molar-refractivity contribution in [1.82, 2.24) is 10.3 Å². The maximum atomic E-state index is 13.5. The number of aromatic amines is 1. The minimum atomic E-state index is -0.606. The van der Waals surface area contributed by atoms with E-state index in [1.54, 1.807) is 25.3 Å². The van der Waals surface area contributed by atoms with Gasteiger partial charge in [0.2, 0.25) is 0 Å². The summed E-state index contributed by atoms with van der Waals surface area (Å²) in [5, 5.41) is 13.9. The highest BCUT2D eigenvalue weighted by molar-refractivity contribution is 6.12. The van der Waals surface area contributed by atoms with Crippen LogP contribution in [0.15, 0.2) is 42.5 Å². The molecule has 1 aromatic heterocycles. The standard InChI is InChI=1S/C22H24N2O5/c1-12(2)23-19(13-5-7-14(28-3)8-6-13)21(26)15-9-10-18(25)20-16(15)11-17(24-20)22(27)29-4/h5-12,19,23-25H,1-4H3. The molecule has 29 heavy (non-hydrogen) atoms. The summed E-state index contributed by atoms with van der Waals surface area (Å²) in [4.78, 5) is 28.2. The molecule has 2 aromatic carbocycles. The van der Waals surface area contributed by atoms with E-state index >= 15 is 0 Å². The van der Waals surface area contributed by atoms with Gasteiger partial charge in [-0.1, -0.05) is 12.1 Å². The number of hydrogen-bond donors (Lipinski definition) is 3. The summed E-state index contributed by atoms with van der Waals surface area (Å²) in [5.74, 6) is -0.107. The number of fused-ring (bicyclic) bond motifs is 1. The number of ketones is 1. The van der Waals surface area contributed by atoms with Gasteiger partial charge in [-0.15, -0.1) is 0 Å². The molecule has 1 unspecified atom stereocenters. The van der Waals surface area contributed by atoms with Gasteiger partial charge in [0.25, 0.3) is 0 Å². The fourth-order valence-corrected chi connectivity index (χ4v) is 3.25. The number of H-pyrrole nitrogens is 1. The number of ether oxygens (including phenoxy) is 2. The van der Waals surface area contributed by atoms with E-state index < -0.39 is 12.0 Å². The van der Waals surface area contributed by atoms with E-state index in [1.807, 2.05) is 26.0 Å². The molecule has 1 heterocycles. The maximum Gasteiger partial charge on any atom is 0.354 e. The van der Waals surface area contributed by atoms with Gasteiger partial charge < -0.3 is 24.9 Å². The summed E-state index contributed by atoms with van der Waals surface area (Å²) in [7, 11) is 2.86. The van der Waals surface area contributed by atoms with Gasteiger partial charge in [0.15, 0.2) is 5.78 Å². The largest absolute Gasteiger partial charge is 0.506 e. The second-order valence-electron chi connectivity index (χ2n) is 6.99. The van der Waals surface area contributed by atoms with E-state index in [2.05, 4.69) is 10.3 Å². The Morgan fingerprint density at radius 2 is 1.76 bits per heavy atom. The average Bonchev–Trinajstić information content (AvgIpc) is 3.17. The third kappa shape index (κ3) is 4.09. The summed E-state index contributed by atoms with van der Waals surface area (Å²) >= 11 is 0. The van der Waals surface area contributed by atoms with Crippen LogP contribution in [0.1, 0.15) is 46.3 Å². The van der Waals surface area contributed by atoms with E-state index in [0.29, 0.717) is 22.2 Å². The monoisotopic (exact) mass is 396 g/mol. The highest BCUT2D eigenvalue weighted by Gasteiger charge is 2.26. The van der Waals surface area contributed by atoms with Crippen LogP contribution in [-0.4, -0.2) is 42.1 Å². The molecule has 0 bridgehead atoms. The number of nitrogens with one attached hydrogen (secondary N) is 2. The lowest BCUT2D eigenvalue weighted by Crippen LogP contribution is -2.33. The molecule has 0 spiro atoms. The van der Waals surface area contributed by atoms with Crippen LogP contribution in [-0.2, 0) is 4.74 Å². The number of rotatable bonds is 7. The van der Waals surface area contributed by atoms with Crippen molar-refractivity contribution in [3.05, 3.63) is 59.3 Å². The predicted octanol–water partition coefficient (Wildman–Crippen LogP) is 3.59. The molecule has 0 saturated carbocycles. The third-order valence-corrected chi connectivity index (χ3v) is 4.65. The number of hydrogen-bond acceptors (Lipinski definition) is 6. The van der Waals surface area contributed by atoms with Crippen molar-refractivity contribution in [2.24, 2.45) is 0 Å². The number of aromatic nitrogens is 1. The van der Waals surface area contributed by atoms with Crippen molar-refractivity contribution in [2.75, 3.05) is 14.2 Å². The van der Waals surface area contributed by atoms with Crippen LogP contribution >= 0.6 is 0 Å². The quantitative estimate of drug-likeness (QED) is 0.417. The van der Waals surface area contributed by atoms with Crippen molar-refractivity contribution >= 4 is 22.7 Å². The normalized spacial score (nSPS) is 12.2. The van der Waals surface area contributed by atoms with Crippen molar-refractivity contribution in [2.45, 2.75) is 25.9 Å². The zero-order valence-corrected chi connectivity index (χ0v) is 16.8. The molecule has 1 atom stereocenters. The Labute approximate surface area is 168 Å². The average molecular weight is 396 g/mol. The van der Waals surface area contributed by atoms with E-state index in [4.69, 9.17) is 9.47 Å². The SMILES string of the molecule is COC(=O)c1cc2c(C(=O)C(NC(C)C)c3ccc(OC)cc3)ccc(O)c2[nH]1. The molecule has 7 nitrogen and oxygen atoms in total. The summed E-state index contributed by atoms with van der Waals surface area (Å²) in [6.45, 7) is 3.92. The Bertz CT molecular complexity index is 1040. The molecule has 3 rings (SSSR count). The second-order valence-corrected chi connectivity index (χ2v) is 6.99. The second kappa shape index (κ2) is 8.36. The molecule has 7 heteroatoms. The molecule has 152 valence electrons. The Morgan fingerprint density at radius 3 is 2.34 bits per heavy atom. The Hall–Kier alpha value is -3.32. The highest BCUT2D eigenvalue weighted by atomic mass is 16.5. The van der Waals surface area contributed by atoms with Crippen LogP contribution in [0.3, 0.4) is 0 Å². The fourth-order valence-electron chi connectivity index (χ4n) is 3.25. The first-order valence-corrected chi connectivity index (χ1v) is 9.23. The van der Waals surface area contributed by atoms with E-state index in [-0.39, 0.29) is 23.3 Å². The van der Waals surface area contributed by atoms with Gasteiger partial charge in [0.05, 0.1) is 25.8 Å². The van der Waals surface area contributed by atoms with Gasteiger partial charge in [-0.25, -0.2) is 4.79 Å². The number of esters is 1. The number of aromatic hydroxyl groups is 1. The molecule has 3 aromatic rings. The van der Waals surface area contributed by atoms with Crippen molar-refractivity contribution < 1.29 is 24.2 Å². The van der Waals surface area contributed by atoms with Crippen LogP contribution in [0.25, 0.3) is 10.9 Å². The van der Waals surface area contributed by atoms with Crippen LogP contribution in [0.5, 0.6) is 11.5 Å². The molecule has 0 aliphatic rings. The van der Waals surface area contributed by atoms with E-state index in [1.165, 1.54) is 19.2 Å². The maximum absolute atomic E-state index is 13.5. The fraction of sp³-hybridized carbons (Fsp3) is 0.273. The lowest BCUT2D eigenvalue weighted by atomic mass is 9.94. The molecular formula is C22H24N2O5. The van der Waals surface area contributed by atoms with Gasteiger partial charge in [-0.05, 0) is 49.7 Å². The Morgan fingerprint density at radius 1 is 1.07 bits per heavy atom. The zero-order valence-electron chi connectivity index (χ0n) is 16.8.